The molecule has 4 nitrogen and oxygen atoms in total. The molecule has 2 rings (SSSR count). The predicted octanol–water partition coefficient (Wildman–Crippen LogP) is 1.81. The second kappa shape index (κ2) is 3.40. The molecular formula is C12H14O4. The Morgan fingerprint density at radius 2 is 2.19 bits per heavy atom. The topological polar surface area (TPSA) is 66.8 Å². The normalized spacial score (nSPS) is 19.0. The number of aromatic hydroxyl groups is 1. The maximum atomic E-state index is 11.1. The quantitative estimate of drug-likeness (QED) is 0.800. The summed E-state index contributed by atoms with van der Waals surface area (Å²) in [5.74, 6) is -0.0391. The zero-order valence-electron chi connectivity index (χ0n) is 9.23. The third kappa shape index (κ3) is 1.60. The Hall–Kier alpha value is -1.71. The van der Waals surface area contributed by atoms with Crippen LogP contribution >= 0.6 is 0 Å². The number of hydrogen-bond acceptors (Lipinski definition) is 3. The first-order valence-electron chi connectivity index (χ1n) is 5.13. The van der Waals surface area contributed by atoms with Gasteiger partial charge < -0.3 is 14.9 Å². The summed E-state index contributed by atoms with van der Waals surface area (Å²) in [6.07, 6.45) is 0.130. The Morgan fingerprint density at radius 3 is 2.81 bits per heavy atom. The molecule has 0 radical (unpaired) electrons. The Balaban J connectivity index is 2.26. The second-order valence-electron chi connectivity index (χ2n) is 4.63. The minimum absolute atomic E-state index is 0.177. The van der Waals surface area contributed by atoms with Crippen molar-refractivity contribution in [2.45, 2.75) is 26.4 Å². The van der Waals surface area contributed by atoms with Crippen LogP contribution in [0.3, 0.4) is 0 Å². The lowest BCUT2D eigenvalue weighted by molar-refractivity contribution is -0.151. The number of fused-ring (bicyclic) bond motifs is 1. The van der Waals surface area contributed by atoms with Crippen LogP contribution in [0.1, 0.15) is 19.4 Å². The largest absolute Gasteiger partial charge is 0.508 e. The molecule has 0 bridgehead atoms. The molecule has 1 unspecified atom stereocenters. The number of ether oxygens (including phenoxy) is 1. The van der Waals surface area contributed by atoms with E-state index in [0.717, 1.165) is 5.56 Å². The van der Waals surface area contributed by atoms with Gasteiger partial charge in [-0.15, -0.1) is 0 Å². The number of carboxylic acid groups (broad SMARTS) is 1. The van der Waals surface area contributed by atoms with Gasteiger partial charge in [-0.05, 0) is 32.0 Å². The minimum Gasteiger partial charge on any atom is -0.508 e. The van der Waals surface area contributed by atoms with E-state index in [9.17, 15) is 9.90 Å². The van der Waals surface area contributed by atoms with Crippen LogP contribution in [0.15, 0.2) is 18.2 Å². The number of aliphatic carboxylic acids is 1. The molecule has 0 saturated carbocycles. The van der Waals surface area contributed by atoms with Gasteiger partial charge in [0.2, 0.25) is 0 Å². The van der Waals surface area contributed by atoms with Crippen LogP contribution in [-0.4, -0.2) is 22.3 Å². The Labute approximate surface area is 93.5 Å². The molecule has 0 saturated heterocycles. The highest BCUT2D eigenvalue weighted by atomic mass is 16.5. The number of phenolic OH excluding ortho intramolecular Hbond substituents is 1. The van der Waals surface area contributed by atoms with Crippen molar-refractivity contribution in [1.29, 1.82) is 0 Å². The number of carboxylic acids is 1. The standard InChI is InChI=1S/C12H14O4/c1-12(2,11(14)15)10-6-7-5-8(13)3-4-9(7)16-10/h3-5,10,13H,6H2,1-2H3,(H,14,15). The molecule has 4 heteroatoms. The second-order valence-corrected chi connectivity index (χ2v) is 4.63. The van der Waals surface area contributed by atoms with Gasteiger partial charge in [0.25, 0.3) is 0 Å². The lowest BCUT2D eigenvalue weighted by Gasteiger charge is -2.25. The van der Waals surface area contributed by atoms with Crippen molar-refractivity contribution in [1.82, 2.24) is 0 Å². The van der Waals surface area contributed by atoms with Gasteiger partial charge in [0.05, 0.1) is 5.41 Å². The van der Waals surface area contributed by atoms with Crippen LogP contribution in [0.25, 0.3) is 0 Å². The fourth-order valence-corrected chi connectivity index (χ4v) is 1.78. The van der Waals surface area contributed by atoms with Gasteiger partial charge in [-0.25, -0.2) is 0 Å². The number of phenols is 1. The van der Waals surface area contributed by atoms with Gasteiger partial charge >= 0.3 is 5.97 Å². The monoisotopic (exact) mass is 222 g/mol. The number of benzene rings is 1. The lowest BCUT2D eigenvalue weighted by Crippen LogP contribution is -2.40. The molecule has 1 atom stereocenters. The summed E-state index contributed by atoms with van der Waals surface area (Å²) in [7, 11) is 0. The van der Waals surface area contributed by atoms with Crippen LogP contribution in [-0.2, 0) is 11.2 Å². The number of rotatable bonds is 2. The van der Waals surface area contributed by atoms with Crippen LogP contribution in [0.5, 0.6) is 11.5 Å². The highest BCUT2D eigenvalue weighted by Crippen LogP contribution is 2.38. The average Bonchev–Trinajstić information content (AvgIpc) is 2.60. The molecule has 16 heavy (non-hydrogen) atoms. The van der Waals surface area contributed by atoms with Crippen molar-refractivity contribution in [3.63, 3.8) is 0 Å². The van der Waals surface area contributed by atoms with E-state index in [1.54, 1.807) is 26.0 Å². The maximum absolute atomic E-state index is 11.1. The van der Waals surface area contributed by atoms with Crippen molar-refractivity contribution in [3.05, 3.63) is 23.8 Å². The van der Waals surface area contributed by atoms with Crippen LogP contribution in [0.2, 0.25) is 0 Å². The van der Waals surface area contributed by atoms with E-state index in [-0.39, 0.29) is 11.9 Å². The zero-order valence-corrected chi connectivity index (χ0v) is 9.23. The summed E-state index contributed by atoms with van der Waals surface area (Å²) < 4.78 is 5.60. The molecule has 1 heterocycles. The van der Waals surface area contributed by atoms with Crippen molar-refractivity contribution in [3.8, 4) is 11.5 Å². The van der Waals surface area contributed by atoms with Gasteiger partial charge in [-0.1, -0.05) is 0 Å². The van der Waals surface area contributed by atoms with Crippen molar-refractivity contribution in [2.24, 2.45) is 5.41 Å². The van der Waals surface area contributed by atoms with Crippen LogP contribution in [0, 0.1) is 5.41 Å². The number of hydrogen-bond donors (Lipinski definition) is 2. The van der Waals surface area contributed by atoms with Crippen molar-refractivity contribution >= 4 is 5.97 Å². The molecule has 2 N–H and O–H groups in total. The number of carbonyl (C=O) groups is 1. The van der Waals surface area contributed by atoms with E-state index >= 15 is 0 Å². The third-order valence-corrected chi connectivity index (χ3v) is 3.07. The lowest BCUT2D eigenvalue weighted by atomic mass is 9.84. The van der Waals surface area contributed by atoms with Crippen molar-refractivity contribution < 1.29 is 19.7 Å². The van der Waals surface area contributed by atoms with Gasteiger partial charge in [0, 0.05) is 12.0 Å². The molecule has 0 aromatic heterocycles. The summed E-state index contributed by atoms with van der Waals surface area (Å²) in [6, 6.07) is 4.82. The fourth-order valence-electron chi connectivity index (χ4n) is 1.78. The molecule has 0 spiro atoms. The SMILES string of the molecule is CC(C)(C(=O)O)C1Cc2cc(O)ccc2O1. The molecule has 0 fully saturated rings. The summed E-state index contributed by atoms with van der Waals surface area (Å²) in [4.78, 5) is 11.1. The zero-order chi connectivity index (χ0) is 11.9. The maximum Gasteiger partial charge on any atom is 0.312 e. The van der Waals surface area contributed by atoms with Gasteiger partial charge in [0.1, 0.15) is 17.6 Å². The van der Waals surface area contributed by atoms with Gasteiger partial charge in [0.15, 0.2) is 0 Å². The first-order chi connectivity index (χ1) is 7.41. The Kier molecular flexibility index (Phi) is 2.30. The van der Waals surface area contributed by atoms with E-state index in [0.29, 0.717) is 12.2 Å². The Bertz CT molecular complexity index is 437. The van der Waals surface area contributed by atoms with E-state index in [1.165, 1.54) is 6.07 Å². The molecular weight excluding hydrogens is 208 g/mol. The third-order valence-electron chi connectivity index (χ3n) is 3.07. The first-order valence-corrected chi connectivity index (χ1v) is 5.13. The fraction of sp³-hybridized carbons (Fsp3) is 0.417. The van der Waals surface area contributed by atoms with Gasteiger partial charge in [-0.2, -0.15) is 0 Å². The van der Waals surface area contributed by atoms with E-state index in [4.69, 9.17) is 9.84 Å². The van der Waals surface area contributed by atoms with Crippen LogP contribution < -0.4 is 4.74 Å². The van der Waals surface area contributed by atoms with E-state index < -0.39 is 11.4 Å². The molecule has 0 amide bonds. The first kappa shape index (κ1) is 10.8. The molecule has 1 aromatic rings. The molecule has 1 aliphatic rings. The summed E-state index contributed by atoms with van der Waals surface area (Å²) >= 11 is 0. The summed E-state index contributed by atoms with van der Waals surface area (Å²) in [5, 5.41) is 18.4. The van der Waals surface area contributed by atoms with E-state index in [1.807, 2.05) is 0 Å². The summed E-state index contributed by atoms with van der Waals surface area (Å²) in [6.45, 7) is 3.29. The van der Waals surface area contributed by atoms with E-state index in [2.05, 4.69) is 0 Å². The highest BCUT2D eigenvalue weighted by Gasteiger charge is 2.42. The highest BCUT2D eigenvalue weighted by molar-refractivity contribution is 5.74. The molecule has 1 aromatic carbocycles. The molecule has 86 valence electrons. The van der Waals surface area contributed by atoms with Crippen molar-refractivity contribution in [2.75, 3.05) is 0 Å². The smallest absolute Gasteiger partial charge is 0.312 e. The van der Waals surface area contributed by atoms with Gasteiger partial charge in [-0.3, -0.25) is 4.79 Å². The molecule has 1 aliphatic heterocycles. The molecule has 0 aliphatic carbocycles. The minimum atomic E-state index is -0.936. The summed E-state index contributed by atoms with van der Waals surface area (Å²) in [5.41, 5.74) is -0.0754. The Morgan fingerprint density at radius 1 is 1.50 bits per heavy atom. The van der Waals surface area contributed by atoms with Crippen LogP contribution in [0.4, 0.5) is 0 Å². The predicted molar refractivity (Wildman–Crippen MR) is 57.6 cm³/mol. The average molecular weight is 222 g/mol.